The molecule has 1 aromatic carbocycles. The third-order valence-corrected chi connectivity index (χ3v) is 4.46. The summed E-state index contributed by atoms with van der Waals surface area (Å²) in [7, 11) is 0. The summed E-state index contributed by atoms with van der Waals surface area (Å²) in [6.45, 7) is 5.53. The van der Waals surface area contributed by atoms with Crippen molar-refractivity contribution in [1.29, 1.82) is 5.26 Å². The Morgan fingerprint density at radius 3 is 3.04 bits per heavy atom. The van der Waals surface area contributed by atoms with Gasteiger partial charge in [0.15, 0.2) is 0 Å². The number of benzene rings is 1. The Morgan fingerprint density at radius 2 is 2.31 bits per heavy atom. The molecule has 2 aromatic rings. The van der Waals surface area contributed by atoms with Crippen molar-refractivity contribution in [1.82, 2.24) is 4.98 Å². The van der Waals surface area contributed by atoms with Crippen molar-refractivity contribution in [2.45, 2.75) is 38.5 Å². The van der Waals surface area contributed by atoms with Crippen molar-refractivity contribution in [2.75, 3.05) is 0 Å². The van der Waals surface area contributed by atoms with Gasteiger partial charge in [-0.3, -0.25) is 4.99 Å². The van der Waals surface area contributed by atoms with Crippen LogP contribution in [0.4, 0.5) is 4.39 Å². The number of allylic oxidation sites excluding steroid dienone is 2. The number of nitrogens with zero attached hydrogens (tertiary/aromatic N) is 3. The number of nitriles is 1. The highest BCUT2D eigenvalue weighted by molar-refractivity contribution is 5.70. The maximum atomic E-state index is 13.8. The Hall–Kier alpha value is -3.00. The molecule has 0 saturated heterocycles. The highest BCUT2D eigenvalue weighted by atomic mass is 19.1. The second kappa shape index (κ2) is 7.92. The molecule has 3 rings (SSSR count). The molecule has 0 spiro atoms. The van der Waals surface area contributed by atoms with Crippen LogP contribution in [-0.4, -0.2) is 11.2 Å². The summed E-state index contributed by atoms with van der Waals surface area (Å²) < 4.78 is 19.8. The zero-order valence-electron chi connectivity index (χ0n) is 14.7. The molecule has 0 radical (unpaired) electrons. The number of oxazole rings is 1. The van der Waals surface area contributed by atoms with E-state index < -0.39 is 0 Å². The molecule has 4 nitrogen and oxygen atoms in total. The monoisotopic (exact) mass is 349 g/mol. The van der Waals surface area contributed by atoms with Crippen molar-refractivity contribution in [2.24, 2.45) is 4.99 Å². The predicted octanol–water partition coefficient (Wildman–Crippen LogP) is 4.97. The Balaban J connectivity index is 1.93. The molecule has 0 fully saturated rings. The van der Waals surface area contributed by atoms with Gasteiger partial charge in [0.2, 0.25) is 5.89 Å². The fraction of sp³-hybridized carbons (Fsp3) is 0.286. The van der Waals surface area contributed by atoms with Crippen LogP contribution < -0.4 is 0 Å². The summed E-state index contributed by atoms with van der Waals surface area (Å²) in [4.78, 5) is 8.92. The second-order valence-corrected chi connectivity index (χ2v) is 6.24. The van der Waals surface area contributed by atoms with Crippen LogP contribution in [0.2, 0.25) is 0 Å². The van der Waals surface area contributed by atoms with Crippen molar-refractivity contribution in [3.63, 3.8) is 0 Å². The molecule has 0 bridgehead atoms. The Bertz CT molecular complexity index is 918. The third-order valence-electron chi connectivity index (χ3n) is 4.46. The van der Waals surface area contributed by atoms with Gasteiger partial charge in [-0.2, -0.15) is 5.26 Å². The number of hydrogen-bond donors (Lipinski definition) is 0. The van der Waals surface area contributed by atoms with E-state index in [2.05, 4.69) is 16.6 Å². The second-order valence-electron chi connectivity index (χ2n) is 6.24. The largest absolute Gasteiger partial charge is 0.440 e. The molecule has 0 aliphatic heterocycles. The van der Waals surface area contributed by atoms with E-state index in [4.69, 9.17) is 9.68 Å². The van der Waals surface area contributed by atoms with Gasteiger partial charge in [0.05, 0.1) is 17.3 Å². The number of hydrogen-bond acceptors (Lipinski definition) is 4. The summed E-state index contributed by atoms with van der Waals surface area (Å²) in [5.41, 5.74) is 2.70. The molecule has 5 heteroatoms. The zero-order chi connectivity index (χ0) is 18.5. The summed E-state index contributed by atoms with van der Waals surface area (Å²) in [5, 5.41) is 9.09. The van der Waals surface area contributed by atoms with Crippen LogP contribution in [0.3, 0.4) is 0 Å². The molecule has 0 amide bonds. The van der Waals surface area contributed by atoms with Gasteiger partial charge in [-0.25, -0.2) is 9.37 Å². The lowest BCUT2D eigenvalue weighted by molar-refractivity contribution is 0.481. The summed E-state index contributed by atoms with van der Waals surface area (Å²) in [5.74, 6) is 1.07. The highest BCUT2D eigenvalue weighted by Crippen LogP contribution is 2.33. The van der Waals surface area contributed by atoms with E-state index in [-0.39, 0.29) is 11.7 Å². The van der Waals surface area contributed by atoms with Crippen molar-refractivity contribution >= 4 is 11.9 Å². The molecular formula is C21H20FN3O. The molecular weight excluding hydrogens is 329 g/mol. The molecule has 1 aliphatic rings. The molecule has 26 heavy (non-hydrogen) atoms. The summed E-state index contributed by atoms with van der Waals surface area (Å²) in [6.07, 6.45) is 8.36. The lowest BCUT2D eigenvalue weighted by atomic mass is 9.90. The predicted molar refractivity (Wildman–Crippen MR) is 99.3 cm³/mol. The van der Waals surface area contributed by atoms with E-state index in [0.29, 0.717) is 23.6 Å². The van der Waals surface area contributed by atoms with Gasteiger partial charge < -0.3 is 4.42 Å². The summed E-state index contributed by atoms with van der Waals surface area (Å²) >= 11 is 0. The Labute approximate surface area is 152 Å². The number of halogens is 1. The first kappa shape index (κ1) is 17.8. The fourth-order valence-corrected chi connectivity index (χ4v) is 3.31. The lowest BCUT2D eigenvalue weighted by Crippen LogP contribution is -2.03. The van der Waals surface area contributed by atoms with Gasteiger partial charge in [0, 0.05) is 19.1 Å². The Morgan fingerprint density at radius 1 is 1.46 bits per heavy atom. The van der Waals surface area contributed by atoms with Crippen LogP contribution >= 0.6 is 0 Å². The minimum atomic E-state index is -0.377. The minimum Gasteiger partial charge on any atom is -0.440 e. The van der Waals surface area contributed by atoms with Crippen LogP contribution in [0.1, 0.15) is 54.2 Å². The molecule has 1 unspecified atom stereocenters. The van der Waals surface area contributed by atoms with Crippen LogP contribution in [0, 0.1) is 17.1 Å². The number of aryl methyl sites for hydroxylation is 1. The average Bonchev–Trinajstić information content (AvgIpc) is 2.92. The number of fused-ring (bicyclic) bond motifs is 1. The van der Waals surface area contributed by atoms with Crippen LogP contribution in [0.25, 0.3) is 5.70 Å². The molecule has 0 saturated carbocycles. The van der Waals surface area contributed by atoms with Crippen LogP contribution in [-0.2, 0) is 12.8 Å². The average molecular weight is 349 g/mol. The lowest BCUT2D eigenvalue weighted by Gasteiger charge is -2.14. The maximum Gasteiger partial charge on any atom is 0.245 e. The minimum absolute atomic E-state index is 0.110. The van der Waals surface area contributed by atoms with E-state index in [1.165, 1.54) is 12.1 Å². The van der Waals surface area contributed by atoms with Gasteiger partial charge >= 0.3 is 0 Å². The molecule has 0 N–H and O–H groups in total. The Kier molecular flexibility index (Phi) is 5.43. The van der Waals surface area contributed by atoms with E-state index in [1.54, 1.807) is 24.4 Å². The van der Waals surface area contributed by atoms with Gasteiger partial charge in [-0.15, -0.1) is 0 Å². The SMILES string of the molecule is C=C/C=C(\N=CC)c1nc2c(o1)CCCC(c1cc(F)cc(C#N)c1)C2. The van der Waals surface area contributed by atoms with E-state index >= 15 is 0 Å². The van der Waals surface area contributed by atoms with E-state index in [0.717, 1.165) is 36.3 Å². The highest BCUT2D eigenvalue weighted by Gasteiger charge is 2.24. The quantitative estimate of drug-likeness (QED) is 0.445. The van der Waals surface area contributed by atoms with Gasteiger partial charge in [0.1, 0.15) is 17.3 Å². The van der Waals surface area contributed by atoms with E-state index in [9.17, 15) is 4.39 Å². The van der Waals surface area contributed by atoms with Crippen molar-refractivity contribution in [3.8, 4) is 6.07 Å². The fourth-order valence-electron chi connectivity index (χ4n) is 3.31. The van der Waals surface area contributed by atoms with Crippen LogP contribution in [0.15, 0.2) is 46.3 Å². The third kappa shape index (κ3) is 3.80. The van der Waals surface area contributed by atoms with Gasteiger partial charge in [-0.05, 0) is 55.5 Å². The molecule has 1 atom stereocenters. The van der Waals surface area contributed by atoms with Crippen LogP contribution in [0.5, 0.6) is 0 Å². The number of aliphatic imine (C=N–C) groups is 1. The van der Waals surface area contributed by atoms with E-state index in [1.807, 2.05) is 13.0 Å². The number of rotatable bonds is 4. The molecule has 1 heterocycles. The smallest absolute Gasteiger partial charge is 0.245 e. The normalized spacial score (nSPS) is 17.6. The topological polar surface area (TPSA) is 62.2 Å². The zero-order valence-corrected chi connectivity index (χ0v) is 14.7. The number of aromatic nitrogens is 1. The van der Waals surface area contributed by atoms with Gasteiger partial charge in [0.25, 0.3) is 0 Å². The summed E-state index contributed by atoms with van der Waals surface area (Å²) in [6, 6.07) is 6.56. The standard InChI is InChI=1S/C21H20FN3O/c1-3-6-18(24-4-2)21-25-19-12-15(7-5-8-20(19)26-21)16-9-14(13-23)10-17(22)11-16/h3-4,6,9-11,15H,1,5,7-8,12H2,2H3/b18-6-,24-4?. The molecule has 132 valence electrons. The van der Waals surface area contributed by atoms with Crippen molar-refractivity contribution < 1.29 is 8.81 Å². The first-order chi connectivity index (χ1) is 12.6. The maximum absolute atomic E-state index is 13.8. The molecule has 1 aliphatic carbocycles. The first-order valence-electron chi connectivity index (χ1n) is 8.65. The molecule has 1 aromatic heterocycles. The van der Waals surface area contributed by atoms with Crippen molar-refractivity contribution in [3.05, 3.63) is 71.2 Å². The first-order valence-corrected chi connectivity index (χ1v) is 8.65. The van der Waals surface area contributed by atoms with Gasteiger partial charge in [-0.1, -0.05) is 12.7 Å².